The first-order valence-electron chi connectivity index (χ1n) is 5.88. The van der Waals surface area contributed by atoms with Gasteiger partial charge in [-0.3, -0.25) is 0 Å². The molecule has 0 radical (unpaired) electrons. The Morgan fingerprint density at radius 2 is 2.00 bits per heavy atom. The van der Waals surface area contributed by atoms with E-state index in [4.69, 9.17) is 4.74 Å². The first kappa shape index (κ1) is 12.1. The Balaban J connectivity index is 2.18. The van der Waals surface area contributed by atoms with Crippen molar-refractivity contribution >= 4 is 21.6 Å². The van der Waals surface area contributed by atoms with E-state index in [-0.39, 0.29) is 5.82 Å². The van der Waals surface area contributed by atoms with Crippen molar-refractivity contribution in [3.63, 3.8) is 0 Å². The molecule has 0 bridgehead atoms. The molecule has 2 nitrogen and oxygen atoms in total. The molecule has 3 rings (SSSR count). The van der Waals surface area contributed by atoms with Crippen LogP contribution in [-0.4, -0.2) is 12.1 Å². The zero-order chi connectivity index (χ0) is 13.4. The summed E-state index contributed by atoms with van der Waals surface area (Å²) in [6.45, 7) is 1.99. The zero-order valence-corrected chi connectivity index (χ0v) is 11.4. The van der Waals surface area contributed by atoms with Gasteiger partial charge in [-0.1, -0.05) is 6.07 Å². The first-order valence-corrected chi connectivity index (χ1v) is 6.70. The van der Waals surface area contributed by atoms with Crippen molar-refractivity contribution in [3.05, 3.63) is 47.2 Å². The molecule has 0 aliphatic carbocycles. The molecule has 96 valence electrons. The van der Waals surface area contributed by atoms with Gasteiger partial charge in [0.15, 0.2) is 0 Å². The third kappa shape index (κ3) is 2.19. The van der Waals surface area contributed by atoms with E-state index in [0.29, 0.717) is 5.75 Å². The molecule has 0 saturated carbocycles. The van der Waals surface area contributed by atoms with Crippen molar-refractivity contribution in [1.82, 2.24) is 4.98 Å². The molecule has 0 spiro atoms. The summed E-state index contributed by atoms with van der Waals surface area (Å²) in [5.41, 5.74) is 2.82. The molecule has 0 aliphatic heterocycles. The van der Waals surface area contributed by atoms with Crippen LogP contribution in [0.25, 0.3) is 21.3 Å². The van der Waals surface area contributed by atoms with Crippen LogP contribution in [0.15, 0.2) is 36.4 Å². The van der Waals surface area contributed by atoms with E-state index in [0.717, 1.165) is 26.4 Å². The summed E-state index contributed by atoms with van der Waals surface area (Å²) >= 11 is 1.67. The molecule has 3 aromatic rings. The van der Waals surface area contributed by atoms with Crippen LogP contribution in [-0.2, 0) is 0 Å². The van der Waals surface area contributed by atoms with Gasteiger partial charge in [-0.15, -0.1) is 11.3 Å². The Labute approximate surface area is 114 Å². The maximum Gasteiger partial charge on any atom is 0.129 e. The van der Waals surface area contributed by atoms with Gasteiger partial charge in [-0.05, 0) is 36.8 Å². The van der Waals surface area contributed by atoms with Crippen molar-refractivity contribution in [1.29, 1.82) is 0 Å². The fourth-order valence-electron chi connectivity index (χ4n) is 2.11. The molecule has 0 unspecified atom stereocenters. The van der Waals surface area contributed by atoms with Crippen molar-refractivity contribution in [3.8, 4) is 16.9 Å². The number of hydrogen-bond acceptors (Lipinski definition) is 3. The van der Waals surface area contributed by atoms with Crippen LogP contribution in [0.4, 0.5) is 4.39 Å². The second kappa shape index (κ2) is 4.63. The van der Waals surface area contributed by atoms with Gasteiger partial charge < -0.3 is 4.74 Å². The number of fused-ring (bicyclic) bond motifs is 1. The van der Waals surface area contributed by atoms with Gasteiger partial charge in [-0.25, -0.2) is 9.37 Å². The largest absolute Gasteiger partial charge is 0.496 e. The monoisotopic (exact) mass is 273 g/mol. The van der Waals surface area contributed by atoms with Crippen molar-refractivity contribution in [2.75, 3.05) is 7.11 Å². The van der Waals surface area contributed by atoms with Crippen LogP contribution >= 0.6 is 11.3 Å². The van der Waals surface area contributed by atoms with Gasteiger partial charge in [-0.2, -0.15) is 0 Å². The number of methoxy groups -OCH3 is 1. The van der Waals surface area contributed by atoms with E-state index in [1.54, 1.807) is 24.5 Å². The molecule has 4 heteroatoms. The maximum atomic E-state index is 13.2. The maximum absolute atomic E-state index is 13.2. The Morgan fingerprint density at radius 3 is 2.79 bits per heavy atom. The van der Waals surface area contributed by atoms with Crippen LogP contribution in [0.5, 0.6) is 5.75 Å². The summed E-state index contributed by atoms with van der Waals surface area (Å²) in [6, 6.07) is 10.6. The molecule has 0 atom stereocenters. The second-order valence-electron chi connectivity index (χ2n) is 4.26. The zero-order valence-electron chi connectivity index (χ0n) is 10.6. The van der Waals surface area contributed by atoms with Gasteiger partial charge in [0.05, 0.1) is 22.3 Å². The average molecular weight is 273 g/mol. The Hall–Kier alpha value is -1.94. The molecule has 1 aromatic heterocycles. The summed E-state index contributed by atoms with van der Waals surface area (Å²) in [5.74, 6) is 0.234. The molecular formula is C15H12FNOS. The van der Waals surface area contributed by atoms with Gasteiger partial charge in [0, 0.05) is 11.6 Å². The highest BCUT2D eigenvalue weighted by molar-refractivity contribution is 7.18. The number of rotatable bonds is 2. The highest BCUT2D eigenvalue weighted by Gasteiger charge is 2.09. The van der Waals surface area contributed by atoms with Crippen molar-refractivity contribution < 1.29 is 9.13 Å². The van der Waals surface area contributed by atoms with E-state index in [1.807, 2.05) is 25.1 Å². The van der Waals surface area contributed by atoms with E-state index in [1.165, 1.54) is 12.1 Å². The van der Waals surface area contributed by atoms with Crippen molar-refractivity contribution in [2.24, 2.45) is 0 Å². The summed E-state index contributed by atoms with van der Waals surface area (Å²) in [7, 11) is 1.55. The Morgan fingerprint density at radius 1 is 1.16 bits per heavy atom. The van der Waals surface area contributed by atoms with Crippen LogP contribution in [0.2, 0.25) is 0 Å². The molecule has 0 fully saturated rings. The number of halogens is 1. The Bertz CT molecular complexity index is 751. The van der Waals surface area contributed by atoms with E-state index >= 15 is 0 Å². The van der Waals surface area contributed by atoms with Crippen LogP contribution in [0.3, 0.4) is 0 Å². The van der Waals surface area contributed by atoms with E-state index in [9.17, 15) is 4.39 Å². The van der Waals surface area contributed by atoms with Gasteiger partial charge >= 0.3 is 0 Å². The molecule has 0 N–H and O–H groups in total. The van der Waals surface area contributed by atoms with E-state index < -0.39 is 0 Å². The third-order valence-electron chi connectivity index (χ3n) is 2.97. The standard InChI is InChI=1S/C15H12FNOS/c1-9-17-13-7-10(3-6-15(13)19-9)12-5-4-11(16)8-14(12)18-2/h3-8H,1-2H3. The fraction of sp³-hybridized carbons (Fsp3) is 0.133. The number of hydrogen-bond donors (Lipinski definition) is 0. The molecule has 0 aliphatic rings. The molecule has 19 heavy (non-hydrogen) atoms. The topological polar surface area (TPSA) is 22.1 Å². The SMILES string of the molecule is COc1cc(F)ccc1-c1ccc2sc(C)nc2c1. The molecule has 2 aromatic carbocycles. The highest BCUT2D eigenvalue weighted by atomic mass is 32.1. The minimum Gasteiger partial charge on any atom is -0.496 e. The smallest absolute Gasteiger partial charge is 0.129 e. The van der Waals surface area contributed by atoms with Gasteiger partial charge in [0.25, 0.3) is 0 Å². The average Bonchev–Trinajstić information content (AvgIpc) is 2.77. The minimum atomic E-state index is -0.300. The van der Waals surface area contributed by atoms with Gasteiger partial charge in [0.1, 0.15) is 11.6 Å². The fourth-order valence-corrected chi connectivity index (χ4v) is 2.92. The lowest BCUT2D eigenvalue weighted by molar-refractivity contribution is 0.413. The van der Waals surface area contributed by atoms with Crippen LogP contribution < -0.4 is 4.74 Å². The second-order valence-corrected chi connectivity index (χ2v) is 5.49. The highest BCUT2D eigenvalue weighted by Crippen LogP contribution is 2.33. The quantitative estimate of drug-likeness (QED) is 0.689. The molecule has 0 saturated heterocycles. The molecular weight excluding hydrogens is 261 g/mol. The molecule has 0 amide bonds. The molecule has 1 heterocycles. The summed E-state index contributed by atoms with van der Waals surface area (Å²) < 4.78 is 19.6. The predicted molar refractivity (Wildman–Crippen MR) is 76.3 cm³/mol. The lowest BCUT2D eigenvalue weighted by atomic mass is 10.0. The first-order chi connectivity index (χ1) is 9.17. The number of nitrogens with zero attached hydrogens (tertiary/aromatic N) is 1. The predicted octanol–water partition coefficient (Wildman–Crippen LogP) is 4.42. The summed E-state index contributed by atoms with van der Waals surface area (Å²) in [4.78, 5) is 4.48. The van der Waals surface area contributed by atoms with Gasteiger partial charge in [0.2, 0.25) is 0 Å². The normalized spacial score (nSPS) is 10.9. The third-order valence-corrected chi connectivity index (χ3v) is 3.92. The van der Waals surface area contributed by atoms with E-state index in [2.05, 4.69) is 4.98 Å². The van der Waals surface area contributed by atoms with Crippen LogP contribution in [0, 0.1) is 12.7 Å². The number of ether oxygens (including phenoxy) is 1. The number of thiazole rings is 1. The number of aryl methyl sites for hydroxylation is 1. The summed E-state index contributed by atoms with van der Waals surface area (Å²) in [6.07, 6.45) is 0. The van der Waals surface area contributed by atoms with Crippen LogP contribution in [0.1, 0.15) is 5.01 Å². The summed E-state index contributed by atoms with van der Waals surface area (Å²) in [5, 5.41) is 1.04. The number of aromatic nitrogens is 1. The number of benzene rings is 2. The lowest BCUT2D eigenvalue weighted by Gasteiger charge is -2.08. The lowest BCUT2D eigenvalue weighted by Crippen LogP contribution is -1.89. The Kier molecular flexibility index (Phi) is 2.95. The minimum absolute atomic E-state index is 0.300. The van der Waals surface area contributed by atoms with Crippen molar-refractivity contribution in [2.45, 2.75) is 6.92 Å².